The second-order valence-electron chi connectivity index (χ2n) is 7.22. The molecule has 1 aromatic heterocycles. The van der Waals surface area contributed by atoms with Crippen LogP contribution in [-0.4, -0.2) is 50.5 Å². The number of rotatable bonds is 6. The van der Waals surface area contributed by atoms with Crippen LogP contribution in [0.3, 0.4) is 0 Å². The van der Waals surface area contributed by atoms with Gasteiger partial charge in [-0.1, -0.05) is 6.07 Å². The Balaban J connectivity index is 1.27. The third kappa shape index (κ3) is 3.24. The van der Waals surface area contributed by atoms with Gasteiger partial charge in [0.15, 0.2) is 0 Å². The normalized spacial score (nSPS) is 26.4. The molecule has 1 spiro atoms. The van der Waals surface area contributed by atoms with E-state index >= 15 is 0 Å². The second-order valence-corrected chi connectivity index (χ2v) is 10.3. The van der Waals surface area contributed by atoms with Gasteiger partial charge in [0, 0.05) is 26.1 Å². The van der Waals surface area contributed by atoms with Crippen LogP contribution >= 0.6 is 11.3 Å². The van der Waals surface area contributed by atoms with Crippen LogP contribution in [0.1, 0.15) is 25.7 Å². The van der Waals surface area contributed by atoms with Gasteiger partial charge in [0.1, 0.15) is 4.21 Å². The summed E-state index contributed by atoms with van der Waals surface area (Å²) in [7, 11) is -3.38. The molecule has 1 aliphatic carbocycles. The molecule has 3 fully saturated rings. The summed E-state index contributed by atoms with van der Waals surface area (Å²) in [5, 5.41) is 4.76. The number of hydrogen-bond donors (Lipinski definition) is 1. The maximum atomic E-state index is 12.4. The lowest BCUT2D eigenvalue weighted by atomic mass is 9.87. The zero-order valence-corrected chi connectivity index (χ0v) is 15.1. The molecular weight excluding hydrogens is 348 g/mol. The molecule has 3 heterocycles. The quantitative estimate of drug-likeness (QED) is 0.822. The summed E-state index contributed by atoms with van der Waals surface area (Å²) >= 11 is 1.24. The van der Waals surface area contributed by atoms with E-state index in [0.717, 1.165) is 13.0 Å². The summed E-state index contributed by atoms with van der Waals surface area (Å²) in [5.41, 5.74) is -0.383. The molecule has 6 nitrogen and oxygen atoms in total. The van der Waals surface area contributed by atoms with Gasteiger partial charge in [0.05, 0.1) is 12.2 Å². The minimum Gasteiger partial charge on any atom is -0.372 e. The largest absolute Gasteiger partial charge is 0.372 e. The standard InChI is InChI=1S/C16H22N2O4S2/c19-14(17-8-12-3-4-12)6-13-7-16(22-9-13)10-18(11-16)24(20,21)15-2-1-5-23-15/h1-2,5,12-13H,3-4,6-11H2,(H,17,19). The number of amides is 1. The van der Waals surface area contributed by atoms with E-state index in [2.05, 4.69) is 5.32 Å². The van der Waals surface area contributed by atoms with Crippen LogP contribution in [0.2, 0.25) is 0 Å². The minimum atomic E-state index is -3.38. The third-order valence-corrected chi connectivity index (χ3v) is 8.23. The Kier molecular flexibility index (Phi) is 4.19. The lowest BCUT2D eigenvalue weighted by Crippen LogP contribution is -2.62. The van der Waals surface area contributed by atoms with Gasteiger partial charge in [0.25, 0.3) is 10.0 Å². The fourth-order valence-corrected chi connectivity index (χ4v) is 6.24. The molecule has 4 rings (SSSR count). The Morgan fingerprint density at radius 1 is 1.38 bits per heavy atom. The lowest BCUT2D eigenvalue weighted by molar-refractivity contribution is -0.122. The third-order valence-electron chi connectivity index (χ3n) is 5.06. The molecule has 1 N–H and O–H groups in total. The van der Waals surface area contributed by atoms with Crippen molar-refractivity contribution in [2.45, 2.75) is 35.5 Å². The fourth-order valence-electron chi connectivity index (χ4n) is 3.51. The molecule has 0 aromatic carbocycles. The number of carbonyl (C=O) groups excluding carboxylic acids is 1. The van der Waals surface area contributed by atoms with Crippen LogP contribution in [0.4, 0.5) is 0 Å². The highest BCUT2D eigenvalue weighted by Crippen LogP contribution is 2.41. The first-order valence-electron chi connectivity index (χ1n) is 8.41. The van der Waals surface area contributed by atoms with Crippen molar-refractivity contribution in [3.63, 3.8) is 0 Å². The average Bonchev–Trinajstić information content (AvgIpc) is 3.00. The molecule has 2 aliphatic heterocycles. The van der Waals surface area contributed by atoms with Crippen LogP contribution in [-0.2, 0) is 19.6 Å². The summed E-state index contributed by atoms with van der Waals surface area (Å²) in [6.07, 6.45) is 3.70. The highest BCUT2D eigenvalue weighted by atomic mass is 32.2. The summed E-state index contributed by atoms with van der Waals surface area (Å²) in [5.74, 6) is 0.966. The fraction of sp³-hybridized carbons (Fsp3) is 0.688. The van der Waals surface area contributed by atoms with Gasteiger partial charge in [-0.05, 0) is 42.5 Å². The van der Waals surface area contributed by atoms with Gasteiger partial charge in [-0.3, -0.25) is 4.79 Å². The second kappa shape index (κ2) is 6.09. The van der Waals surface area contributed by atoms with E-state index in [1.165, 1.54) is 28.5 Å². The monoisotopic (exact) mass is 370 g/mol. The summed E-state index contributed by atoms with van der Waals surface area (Å²) in [6.45, 7) is 2.13. The van der Waals surface area contributed by atoms with Crippen LogP contribution in [0.15, 0.2) is 21.7 Å². The molecule has 1 saturated carbocycles. The molecule has 1 aromatic rings. The summed E-state index contributed by atoms with van der Waals surface area (Å²) in [6, 6.07) is 3.38. The van der Waals surface area contributed by atoms with E-state index in [1.54, 1.807) is 17.5 Å². The highest BCUT2D eigenvalue weighted by molar-refractivity contribution is 7.91. The van der Waals surface area contributed by atoms with E-state index in [1.807, 2.05) is 0 Å². The first kappa shape index (κ1) is 16.5. The Hall–Kier alpha value is -0.960. The van der Waals surface area contributed by atoms with Crippen LogP contribution in [0, 0.1) is 11.8 Å². The molecular formula is C16H22N2O4S2. The minimum absolute atomic E-state index is 0.0925. The number of nitrogens with zero attached hydrogens (tertiary/aromatic N) is 1. The molecule has 24 heavy (non-hydrogen) atoms. The molecule has 0 bridgehead atoms. The number of hydrogen-bond acceptors (Lipinski definition) is 5. The van der Waals surface area contributed by atoms with Crippen LogP contribution < -0.4 is 5.32 Å². The topological polar surface area (TPSA) is 75.7 Å². The Morgan fingerprint density at radius 2 is 2.17 bits per heavy atom. The van der Waals surface area contributed by atoms with Crippen LogP contribution in [0.25, 0.3) is 0 Å². The number of ether oxygens (including phenoxy) is 1. The van der Waals surface area contributed by atoms with E-state index in [0.29, 0.717) is 36.2 Å². The maximum absolute atomic E-state index is 12.4. The van der Waals surface area contributed by atoms with Crippen LogP contribution in [0.5, 0.6) is 0 Å². The van der Waals surface area contributed by atoms with E-state index in [9.17, 15) is 13.2 Å². The van der Waals surface area contributed by atoms with Crippen molar-refractivity contribution in [2.75, 3.05) is 26.2 Å². The first-order chi connectivity index (χ1) is 11.5. The van der Waals surface area contributed by atoms with E-state index in [4.69, 9.17) is 4.74 Å². The average molecular weight is 370 g/mol. The van der Waals surface area contributed by atoms with Crippen molar-refractivity contribution in [1.82, 2.24) is 9.62 Å². The smallest absolute Gasteiger partial charge is 0.252 e. The zero-order chi connectivity index (χ0) is 16.8. The summed E-state index contributed by atoms with van der Waals surface area (Å²) in [4.78, 5) is 12.0. The van der Waals surface area contributed by atoms with Crippen molar-refractivity contribution in [2.24, 2.45) is 11.8 Å². The molecule has 1 unspecified atom stereocenters. The van der Waals surface area contributed by atoms with Crippen molar-refractivity contribution in [3.05, 3.63) is 17.5 Å². The predicted octanol–water partition coefficient (Wildman–Crippen LogP) is 1.44. The lowest BCUT2D eigenvalue weighted by Gasteiger charge is -2.45. The molecule has 132 valence electrons. The number of nitrogens with one attached hydrogen (secondary N) is 1. The van der Waals surface area contributed by atoms with Gasteiger partial charge in [0.2, 0.25) is 5.91 Å². The van der Waals surface area contributed by atoms with Crippen molar-refractivity contribution in [1.29, 1.82) is 0 Å². The molecule has 2 saturated heterocycles. The molecule has 1 atom stereocenters. The van der Waals surface area contributed by atoms with E-state index in [-0.39, 0.29) is 17.4 Å². The van der Waals surface area contributed by atoms with Gasteiger partial charge in [-0.2, -0.15) is 4.31 Å². The Labute approximate surface area is 146 Å². The summed E-state index contributed by atoms with van der Waals surface area (Å²) < 4.78 is 32.6. The SMILES string of the molecule is O=C(CC1COC2(C1)CN(S(=O)(=O)c1cccs1)C2)NCC1CC1. The predicted molar refractivity (Wildman–Crippen MR) is 90.2 cm³/mol. The molecule has 0 radical (unpaired) electrons. The maximum Gasteiger partial charge on any atom is 0.252 e. The van der Waals surface area contributed by atoms with Crippen molar-refractivity contribution < 1.29 is 17.9 Å². The molecule has 1 amide bonds. The van der Waals surface area contributed by atoms with Gasteiger partial charge >= 0.3 is 0 Å². The van der Waals surface area contributed by atoms with Gasteiger partial charge in [-0.25, -0.2) is 8.42 Å². The molecule has 8 heteroatoms. The molecule has 3 aliphatic rings. The number of sulfonamides is 1. The van der Waals surface area contributed by atoms with E-state index < -0.39 is 10.0 Å². The van der Waals surface area contributed by atoms with Crippen molar-refractivity contribution >= 4 is 27.3 Å². The van der Waals surface area contributed by atoms with Crippen molar-refractivity contribution in [3.8, 4) is 0 Å². The highest BCUT2D eigenvalue weighted by Gasteiger charge is 2.53. The first-order valence-corrected chi connectivity index (χ1v) is 10.7. The number of carbonyl (C=O) groups is 1. The Morgan fingerprint density at radius 3 is 2.83 bits per heavy atom. The number of thiophene rings is 1. The van der Waals surface area contributed by atoms with Gasteiger partial charge in [-0.15, -0.1) is 11.3 Å². The zero-order valence-electron chi connectivity index (χ0n) is 13.4. The van der Waals surface area contributed by atoms with Gasteiger partial charge < -0.3 is 10.1 Å². The Bertz CT molecular complexity index is 706.